The summed E-state index contributed by atoms with van der Waals surface area (Å²) in [5.41, 5.74) is 3.89. The van der Waals surface area contributed by atoms with E-state index in [-0.39, 0.29) is 12.5 Å². The summed E-state index contributed by atoms with van der Waals surface area (Å²) >= 11 is 0. The van der Waals surface area contributed by atoms with Crippen molar-refractivity contribution in [1.82, 2.24) is 5.43 Å². The average molecular weight is 365 g/mol. The molecule has 1 heterocycles. The normalized spacial score (nSPS) is 11.3. The summed E-state index contributed by atoms with van der Waals surface area (Å²) in [7, 11) is 1.59. The predicted molar refractivity (Wildman–Crippen MR) is 104 cm³/mol. The number of nitrogens with one attached hydrogen (secondary N) is 2. The van der Waals surface area contributed by atoms with Gasteiger partial charge in [-0.2, -0.15) is 5.10 Å². The number of hydrogen-bond donors (Lipinski definition) is 2. The van der Waals surface area contributed by atoms with Crippen molar-refractivity contribution >= 4 is 28.3 Å². The number of hydrogen-bond acceptors (Lipinski definition) is 6. The quantitative estimate of drug-likeness (QED) is 0.398. The largest absolute Gasteiger partial charge is 0.497 e. The molecule has 2 N–H and O–H groups in total. The number of rotatable bonds is 6. The van der Waals surface area contributed by atoms with Crippen molar-refractivity contribution in [3.8, 4) is 5.75 Å². The molecule has 0 saturated carbocycles. The summed E-state index contributed by atoms with van der Waals surface area (Å²) in [6, 6.07) is 16.1. The SMILES string of the molecule is COc1ccc(NCC(=O)N/N=C(/C)c2cc3ccccc3oc2=O)cc1. The number of nitrogens with zero attached hydrogens (tertiary/aromatic N) is 1. The molecule has 1 amide bonds. The number of hydrazone groups is 1. The number of methoxy groups -OCH3 is 1. The predicted octanol–water partition coefficient (Wildman–Crippen LogP) is 2.75. The first-order valence-corrected chi connectivity index (χ1v) is 8.31. The van der Waals surface area contributed by atoms with E-state index < -0.39 is 5.63 Å². The van der Waals surface area contributed by atoms with Crippen molar-refractivity contribution in [3.63, 3.8) is 0 Å². The van der Waals surface area contributed by atoms with Crippen molar-refractivity contribution in [2.45, 2.75) is 6.92 Å². The molecule has 0 spiro atoms. The van der Waals surface area contributed by atoms with Gasteiger partial charge in [0.25, 0.3) is 5.91 Å². The molecular weight excluding hydrogens is 346 g/mol. The smallest absolute Gasteiger partial charge is 0.345 e. The number of fused-ring (bicyclic) bond motifs is 1. The fourth-order valence-electron chi connectivity index (χ4n) is 2.45. The second kappa shape index (κ2) is 8.18. The molecule has 0 radical (unpaired) electrons. The molecule has 3 rings (SSSR count). The topological polar surface area (TPSA) is 92.9 Å². The highest BCUT2D eigenvalue weighted by Gasteiger charge is 2.09. The first-order chi connectivity index (χ1) is 13.1. The summed E-state index contributed by atoms with van der Waals surface area (Å²) in [5.74, 6) is 0.398. The lowest BCUT2D eigenvalue weighted by molar-refractivity contribution is -0.119. The summed E-state index contributed by atoms with van der Waals surface area (Å²) in [6.07, 6.45) is 0. The summed E-state index contributed by atoms with van der Waals surface area (Å²) in [6.45, 7) is 1.67. The average Bonchev–Trinajstić information content (AvgIpc) is 2.70. The highest BCUT2D eigenvalue weighted by molar-refractivity contribution is 6.01. The molecule has 0 aliphatic rings. The Morgan fingerprint density at radius 3 is 2.63 bits per heavy atom. The Labute approximate surface area is 155 Å². The van der Waals surface area contributed by atoms with Crippen molar-refractivity contribution < 1.29 is 13.9 Å². The van der Waals surface area contributed by atoms with E-state index in [1.54, 1.807) is 56.5 Å². The Balaban J connectivity index is 1.63. The third-order valence-electron chi connectivity index (χ3n) is 3.92. The van der Waals surface area contributed by atoms with Crippen LogP contribution in [0.2, 0.25) is 0 Å². The van der Waals surface area contributed by atoms with Gasteiger partial charge in [0.05, 0.1) is 24.9 Å². The molecular formula is C20H19N3O4. The summed E-state index contributed by atoms with van der Waals surface area (Å²) < 4.78 is 10.4. The molecule has 0 aliphatic heterocycles. The molecule has 0 atom stereocenters. The Bertz CT molecular complexity index is 1040. The van der Waals surface area contributed by atoms with Crippen LogP contribution in [0.4, 0.5) is 5.69 Å². The molecule has 0 aliphatic carbocycles. The van der Waals surface area contributed by atoms with Crippen molar-refractivity contribution in [2.24, 2.45) is 5.10 Å². The zero-order valence-electron chi connectivity index (χ0n) is 15.0. The molecule has 27 heavy (non-hydrogen) atoms. The van der Waals surface area contributed by atoms with Crippen LogP contribution in [0, 0.1) is 0 Å². The number of ether oxygens (including phenoxy) is 1. The van der Waals surface area contributed by atoms with E-state index in [0.29, 0.717) is 16.9 Å². The molecule has 0 bridgehead atoms. The minimum Gasteiger partial charge on any atom is -0.497 e. The highest BCUT2D eigenvalue weighted by Crippen LogP contribution is 2.15. The number of anilines is 1. The van der Waals surface area contributed by atoms with Crippen LogP contribution in [0.15, 0.2) is 68.9 Å². The third kappa shape index (κ3) is 4.52. The van der Waals surface area contributed by atoms with Gasteiger partial charge in [0.2, 0.25) is 0 Å². The summed E-state index contributed by atoms with van der Waals surface area (Å²) in [4.78, 5) is 24.1. The lowest BCUT2D eigenvalue weighted by atomic mass is 10.1. The van der Waals surface area contributed by atoms with Crippen LogP contribution in [0.5, 0.6) is 5.75 Å². The molecule has 1 aromatic heterocycles. The van der Waals surface area contributed by atoms with Gasteiger partial charge in [0, 0.05) is 11.1 Å². The number of carbonyl (C=O) groups excluding carboxylic acids is 1. The van der Waals surface area contributed by atoms with Crippen LogP contribution in [0.3, 0.4) is 0 Å². The van der Waals surface area contributed by atoms with E-state index in [2.05, 4.69) is 15.8 Å². The Morgan fingerprint density at radius 2 is 1.89 bits per heavy atom. The van der Waals surface area contributed by atoms with Crippen molar-refractivity contribution in [1.29, 1.82) is 0 Å². The molecule has 0 saturated heterocycles. The standard InChI is InChI=1S/C20H19N3O4/c1-13(17-11-14-5-3-4-6-18(14)27-20(17)25)22-23-19(24)12-21-15-7-9-16(26-2)10-8-15/h3-11,21H,12H2,1-2H3,(H,23,24)/b22-13-. The van der Waals surface area contributed by atoms with Crippen LogP contribution in [-0.4, -0.2) is 25.3 Å². The maximum Gasteiger partial charge on any atom is 0.345 e. The monoisotopic (exact) mass is 365 g/mol. The van der Waals surface area contributed by atoms with Gasteiger partial charge in [0.1, 0.15) is 11.3 Å². The fourth-order valence-corrected chi connectivity index (χ4v) is 2.45. The number of carbonyl (C=O) groups is 1. The third-order valence-corrected chi connectivity index (χ3v) is 3.92. The van der Waals surface area contributed by atoms with E-state index in [1.165, 1.54) is 0 Å². The molecule has 2 aromatic carbocycles. The maximum atomic E-state index is 12.1. The van der Waals surface area contributed by atoms with Gasteiger partial charge in [-0.05, 0) is 43.3 Å². The zero-order valence-corrected chi connectivity index (χ0v) is 15.0. The molecule has 138 valence electrons. The van der Waals surface area contributed by atoms with E-state index in [4.69, 9.17) is 9.15 Å². The Kier molecular flexibility index (Phi) is 5.51. The zero-order chi connectivity index (χ0) is 19.2. The van der Waals surface area contributed by atoms with Crippen molar-refractivity contribution in [2.75, 3.05) is 19.0 Å². The Morgan fingerprint density at radius 1 is 1.15 bits per heavy atom. The lowest BCUT2D eigenvalue weighted by Crippen LogP contribution is -2.27. The first kappa shape index (κ1) is 18.2. The van der Waals surface area contributed by atoms with Gasteiger partial charge in [-0.1, -0.05) is 18.2 Å². The van der Waals surface area contributed by atoms with E-state index >= 15 is 0 Å². The Hall–Kier alpha value is -3.61. The number of benzene rings is 2. The first-order valence-electron chi connectivity index (χ1n) is 8.31. The van der Waals surface area contributed by atoms with Gasteiger partial charge in [-0.25, -0.2) is 10.2 Å². The number of amides is 1. The lowest BCUT2D eigenvalue weighted by Gasteiger charge is -2.07. The van der Waals surface area contributed by atoms with Crippen molar-refractivity contribution in [3.05, 3.63) is 70.6 Å². The van der Waals surface area contributed by atoms with Crippen LogP contribution in [-0.2, 0) is 4.79 Å². The van der Waals surface area contributed by atoms with E-state index in [0.717, 1.165) is 16.8 Å². The number of para-hydroxylation sites is 1. The molecule has 0 fully saturated rings. The molecule has 7 heteroatoms. The maximum absolute atomic E-state index is 12.1. The van der Waals surface area contributed by atoms with E-state index in [9.17, 15) is 9.59 Å². The minimum atomic E-state index is -0.499. The minimum absolute atomic E-state index is 0.0371. The van der Waals surface area contributed by atoms with Crippen LogP contribution in [0.25, 0.3) is 11.0 Å². The molecule has 3 aromatic rings. The molecule has 0 unspecified atom stereocenters. The highest BCUT2D eigenvalue weighted by atomic mass is 16.5. The van der Waals surface area contributed by atoms with Gasteiger partial charge in [-0.3, -0.25) is 4.79 Å². The molecule has 7 nitrogen and oxygen atoms in total. The fraction of sp³-hybridized carbons (Fsp3) is 0.150. The van der Waals surface area contributed by atoms with Gasteiger partial charge in [-0.15, -0.1) is 0 Å². The van der Waals surface area contributed by atoms with Gasteiger partial charge in [0.15, 0.2) is 0 Å². The summed E-state index contributed by atoms with van der Waals surface area (Å²) in [5, 5.41) is 7.76. The van der Waals surface area contributed by atoms with E-state index in [1.807, 2.05) is 12.1 Å². The van der Waals surface area contributed by atoms with Gasteiger partial charge >= 0.3 is 5.63 Å². The second-order valence-corrected chi connectivity index (χ2v) is 5.80. The van der Waals surface area contributed by atoms with Crippen LogP contribution < -0.4 is 21.1 Å². The van der Waals surface area contributed by atoms with Crippen LogP contribution >= 0.6 is 0 Å². The second-order valence-electron chi connectivity index (χ2n) is 5.80. The van der Waals surface area contributed by atoms with Gasteiger partial charge < -0.3 is 14.5 Å². The van der Waals surface area contributed by atoms with Crippen LogP contribution in [0.1, 0.15) is 12.5 Å².